The fraction of sp³-hybridized carbons (Fsp3) is 0.423. The van der Waals surface area contributed by atoms with E-state index in [2.05, 4.69) is 16.9 Å². The highest BCUT2D eigenvalue weighted by Gasteiger charge is 2.28. The molecule has 2 aromatic carbocycles. The van der Waals surface area contributed by atoms with Crippen LogP contribution >= 0.6 is 0 Å². The average Bonchev–Trinajstić information content (AvgIpc) is 3.09. The quantitative estimate of drug-likeness (QED) is 0.526. The summed E-state index contributed by atoms with van der Waals surface area (Å²) in [6.45, 7) is 2.22. The second kappa shape index (κ2) is 10.00. The number of hydrogen-bond acceptors (Lipinski definition) is 2. The first-order chi connectivity index (χ1) is 15.8. The van der Waals surface area contributed by atoms with Crippen molar-refractivity contribution in [1.82, 2.24) is 9.88 Å². The molecule has 2 fully saturated rings. The minimum absolute atomic E-state index is 0.153. The Balaban J connectivity index is 0.000000200. The molecule has 1 aliphatic carbocycles. The van der Waals surface area contributed by atoms with Gasteiger partial charge in [-0.15, -0.1) is 0 Å². The highest BCUT2D eigenvalue weighted by Crippen LogP contribution is 2.45. The molecule has 0 spiro atoms. The number of carbonyl (C=O) groups is 1. The fourth-order valence-corrected chi connectivity index (χ4v) is 4.76. The molecule has 1 aromatic heterocycles. The number of nitrogens with two attached hydrogens (primary N) is 1. The summed E-state index contributed by atoms with van der Waals surface area (Å²) >= 11 is 0. The van der Waals surface area contributed by atoms with Crippen molar-refractivity contribution < 1.29 is 18.0 Å². The normalized spacial score (nSPS) is 17.5. The number of halogens is 3. The molecule has 176 valence electrons. The third kappa shape index (κ3) is 5.41. The number of benzene rings is 2. The van der Waals surface area contributed by atoms with E-state index in [0.29, 0.717) is 29.2 Å². The maximum atomic E-state index is 14.1. The Morgan fingerprint density at radius 2 is 1.70 bits per heavy atom. The lowest BCUT2D eigenvalue weighted by atomic mass is 9.78. The molecule has 2 aliphatic rings. The lowest BCUT2D eigenvalue weighted by Gasteiger charge is -2.27. The van der Waals surface area contributed by atoms with E-state index < -0.39 is 11.6 Å². The molecule has 0 atom stereocenters. The Bertz CT molecular complexity index is 1110. The van der Waals surface area contributed by atoms with Gasteiger partial charge in [-0.25, -0.2) is 13.2 Å². The van der Waals surface area contributed by atoms with Gasteiger partial charge in [-0.3, -0.25) is 4.79 Å². The van der Waals surface area contributed by atoms with Crippen molar-refractivity contribution in [2.24, 2.45) is 11.7 Å². The monoisotopic (exact) mass is 457 g/mol. The van der Waals surface area contributed by atoms with Crippen LogP contribution in [0.5, 0.6) is 0 Å². The molecule has 0 radical (unpaired) electrons. The SMILES string of the molecule is CN1CCC(CC(N)=O)CC1.Fc1ccc(-c2[nH]c3c(F)cc(F)cc3c2C2CCC2)cc1. The van der Waals surface area contributed by atoms with E-state index in [1.54, 1.807) is 12.1 Å². The zero-order valence-electron chi connectivity index (χ0n) is 18.8. The third-order valence-corrected chi connectivity index (χ3v) is 6.84. The summed E-state index contributed by atoms with van der Waals surface area (Å²) in [5, 5.41) is 0.599. The van der Waals surface area contributed by atoms with Gasteiger partial charge in [-0.05, 0) is 99.1 Å². The van der Waals surface area contributed by atoms with Crippen molar-refractivity contribution in [2.75, 3.05) is 20.1 Å². The topological polar surface area (TPSA) is 62.1 Å². The highest BCUT2D eigenvalue weighted by molar-refractivity contribution is 5.92. The standard InChI is InChI=1S/C18H14F3N.C8H16N2O/c19-12-6-4-11(5-7-12)17-16(10-2-1-3-10)14-8-13(20)9-15(21)18(14)22-17;1-10-4-2-7(3-5-10)6-8(9)11/h4-10,22H,1-3H2;7H,2-6H2,1H3,(H2,9,11). The van der Waals surface area contributed by atoms with Gasteiger partial charge in [0.2, 0.25) is 5.91 Å². The molecule has 3 N–H and O–H groups in total. The van der Waals surface area contributed by atoms with Crippen molar-refractivity contribution in [3.05, 3.63) is 59.4 Å². The Labute approximate surface area is 192 Å². The largest absolute Gasteiger partial charge is 0.370 e. The lowest BCUT2D eigenvalue weighted by molar-refractivity contribution is -0.119. The fourth-order valence-electron chi connectivity index (χ4n) is 4.76. The number of likely N-dealkylation sites (tertiary alicyclic amines) is 1. The van der Waals surface area contributed by atoms with Crippen LogP contribution < -0.4 is 5.73 Å². The number of aromatic amines is 1. The molecule has 3 aromatic rings. The summed E-state index contributed by atoms with van der Waals surface area (Å²) in [6, 6.07) is 8.35. The number of nitrogens with one attached hydrogen (secondary N) is 1. The van der Waals surface area contributed by atoms with Crippen molar-refractivity contribution in [3.63, 3.8) is 0 Å². The van der Waals surface area contributed by atoms with Crippen LogP contribution in [0.3, 0.4) is 0 Å². The van der Waals surface area contributed by atoms with Gasteiger partial charge in [0.15, 0.2) is 0 Å². The van der Waals surface area contributed by atoms with Crippen molar-refractivity contribution in [2.45, 2.75) is 44.4 Å². The number of rotatable bonds is 4. The van der Waals surface area contributed by atoms with Crippen LogP contribution in [-0.4, -0.2) is 35.9 Å². The number of hydrogen-bond donors (Lipinski definition) is 2. The van der Waals surface area contributed by atoms with E-state index >= 15 is 0 Å². The predicted molar refractivity (Wildman–Crippen MR) is 124 cm³/mol. The summed E-state index contributed by atoms with van der Waals surface area (Å²) in [6.07, 6.45) is 5.98. The van der Waals surface area contributed by atoms with E-state index in [1.165, 1.54) is 18.2 Å². The molecule has 5 rings (SSSR count). The van der Waals surface area contributed by atoms with E-state index in [1.807, 2.05) is 0 Å². The Hall–Kier alpha value is -2.80. The molecule has 1 saturated carbocycles. The second-order valence-corrected chi connectivity index (χ2v) is 9.28. The Kier molecular flexibility index (Phi) is 7.08. The van der Waals surface area contributed by atoms with Crippen molar-refractivity contribution in [3.8, 4) is 11.3 Å². The van der Waals surface area contributed by atoms with Crippen LogP contribution in [0.25, 0.3) is 22.2 Å². The number of primary amides is 1. The number of nitrogens with zero attached hydrogens (tertiary/aromatic N) is 1. The maximum Gasteiger partial charge on any atom is 0.217 e. The predicted octanol–water partition coefficient (Wildman–Crippen LogP) is 5.72. The molecule has 33 heavy (non-hydrogen) atoms. The molecule has 0 bridgehead atoms. The first-order valence-electron chi connectivity index (χ1n) is 11.5. The Morgan fingerprint density at radius 3 is 2.27 bits per heavy atom. The number of fused-ring (bicyclic) bond motifs is 1. The molecular weight excluding hydrogens is 427 g/mol. The average molecular weight is 458 g/mol. The number of aromatic nitrogens is 1. The van der Waals surface area contributed by atoms with E-state index in [4.69, 9.17) is 5.73 Å². The first kappa shape index (κ1) is 23.4. The zero-order chi connectivity index (χ0) is 23.5. The lowest BCUT2D eigenvalue weighted by Crippen LogP contribution is -2.32. The van der Waals surface area contributed by atoms with Gasteiger partial charge in [-0.2, -0.15) is 0 Å². The molecule has 2 heterocycles. The molecule has 1 aliphatic heterocycles. The second-order valence-electron chi connectivity index (χ2n) is 9.28. The van der Waals surface area contributed by atoms with Crippen LogP contribution in [0.1, 0.15) is 50.0 Å². The van der Waals surface area contributed by atoms with Crippen LogP contribution in [0.15, 0.2) is 36.4 Å². The van der Waals surface area contributed by atoms with Crippen LogP contribution in [0.2, 0.25) is 0 Å². The molecule has 4 nitrogen and oxygen atoms in total. The molecule has 1 amide bonds. The van der Waals surface area contributed by atoms with Crippen LogP contribution in [-0.2, 0) is 4.79 Å². The summed E-state index contributed by atoms with van der Waals surface area (Å²) in [7, 11) is 2.11. The van der Waals surface area contributed by atoms with E-state index in [-0.39, 0.29) is 11.7 Å². The molecule has 0 unspecified atom stereocenters. The minimum atomic E-state index is -0.594. The number of carbonyl (C=O) groups excluding carboxylic acids is 1. The smallest absolute Gasteiger partial charge is 0.217 e. The van der Waals surface area contributed by atoms with Gasteiger partial charge in [0.1, 0.15) is 17.5 Å². The first-order valence-corrected chi connectivity index (χ1v) is 11.5. The molecule has 7 heteroatoms. The summed E-state index contributed by atoms with van der Waals surface area (Å²) < 4.78 is 40.8. The van der Waals surface area contributed by atoms with E-state index in [0.717, 1.165) is 68.1 Å². The molecular formula is C26H30F3N3O. The van der Waals surface area contributed by atoms with Crippen molar-refractivity contribution in [1.29, 1.82) is 0 Å². The van der Waals surface area contributed by atoms with Gasteiger partial charge in [-0.1, -0.05) is 6.42 Å². The third-order valence-electron chi connectivity index (χ3n) is 6.84. The van der Waals surface area contributed by atoms with Gasteiger partial charge in [0.25, 0.3) is 0 Å². The van der Waals surface area contributed by atoms with Crippen LogP contribution in [0.4, 0.5) is 13.2 Å². The number of amides is 1. The van der Waals surface area contributed by atoms with Crippen LogP contribution in [0, 0.1) is 23.4 Å². The van der Waals surface area contributed by atoms with Gasteiger partial charge >= 0.3 is 0 Å². The number of piperidine rings is 1. The summed E-state index contributed by atoms with van der Waals surface area (Å²) in [5.74, 6) is -0.792. The van der Waals surface area contributed by atoms with Gasteiger partial charge in [0.05, 0.1) is 11.2 Å². The molecule has 1 saturated heterocycles. The summed E-state index contributed by atoms with van der Waals surface area (Å²) in [5.41, 5.74) is 7.94. The number of H-pyrrole nitrogens is 1. The van der Waals surface area contributed by atoms with E-state index in [9.17, 15) is 18.0 Å². The minimum Gasteiger partial charge on any atom is -0.370 e. The zero-order valence-corrected chi connectivity index (χ0v) is 18.8. The Morgan fingerprint density at radius 1 is 1.03 bits per heavy atom. The highest BCUT2D eigenvalue weighted by atomic mass is 19.1. The van der Waals surface area contributed by atoms with Gasteiger partial charge in [0, 0.05) is 17.9 Å². The summed E-state index contributed by atoms with van der Waals surface area (Å²) in [4.78, 5) is 15.9. The van der Waals surface area contributed by atoms with Crippen molar-refractivity contribution >= 4 is 16.8 Å². The van der Waals surface area contributed by atoms with Gasteiger partial charge < -0.3 is 15.6 Å². The maximum absolute atomic E-state index is 14.1.